The molecule has 3 aromatic carbocycles. The van der Waals surface area contributed by atoms with Crippen LogP contribution in [-0.2, 0) is 11.2 Å². The van der Waals surface area contributed by atoms with Crippen LogP contribution in [0.15, 0.2) is 72.8 Å². The Morgan fingerprint density at radius 3 is 1.93 bits per heavy atom. The minimum Gasteiger partial charge on any atom is -0.494 e. The van der Waals surface area contributed by atoms with Gasteiger partial charge in [-0.1, -0.05) is 83.2 Å². The standard InChI is InChI=1S/C32H39ClN2O4.2C2H6/c1-35(2,3)28-15-13-25(14-16-28)23-31(36)34-21-8-6-4-5-7-9-22-38-29-17-19-30(20-18-29)39-32(37)26-11-10-12-27(33)24-26;2*1-2/h10-20,24H,4-9,21-23H2,1-3H3;2*1-2H3/p+1. The monoisotopic (exact) mass is 611 g/mol. The third-order valence-electron chi connectivity index (χ3n) is 6.33. The van der Waals surface area contributed by atoms with E-state index in [2.05, 4.69) is 38.6 Å². The van der Waals surface area contributed by atoms with Crippen molar-refractivity contribution in [1.29, 1.82) is 0 Å². The average Bonchev–Trinajstić information content (AvgIpc) is 3.00. The Bertz CT molecular complexity index is 1190. The maximum absolute atomic E-state index is 12.2. The van der Waals surface area contributed by atoms with Gasteiger partial charge in [0.05, 0.1) is 39.7 Å². The average molecular weight is 612 g/mol. The largest absolute Gasteiger partial charge is 0.494 e. The number of benzene rings is 3. The van der Waals surface area contributed by atoms with Gasteiger partial charge >= 0.3 is 5.97 Å². The number of nitrogens with zero attached hydrogens (tertiary/aromatic N) is 1. The van der Waals surface area contributed by atoms with E-state index in [1.54, 1.807) is 48.5 Å². The summed E-state index contributed by atoms with van der Waals surface area (Å²) in [6, 6.07) is 22.0. The second-order valence-electron chi connectivity index (χ2n) is 10.5. The Morgan fingerprint density at radius 1 is 0.744 bits per heavy atom. The fourth-order valence-corrected chi connectivity index (χ4v) is 4.24. The number of amides is 1. The number of carbonyl (C=O) groups is 2. The molecule has 0 radical (unpaired) electrons. The number of unbranched alkanes of at least 4 members (excludes halogenated alkanes) is 5. The number of carbonyl (C=O) groups excluding carboxylic acids is 2. The fourth-order valence-electron chi connectivity index (χ4n) is 4.05. The molecule has 0 atom stereocenters. The van der Waals surface area contributed by atoms with Crippen molar-refractivity contribution in [3.05, 3.63) is 88.9 Å². The normalized spacial score (nSPS) is 10.4. The van der Waals surface area contributed by atoms with Crippen molar-refractivity contribution in [2.75, 3.05) is 34.3 Å². The molecule has 3 aromatic rings. The molecule has 236 valence electrons. The van der Waals surface area contributed by atoms with Crippen LogP contribution in [0.2, 0.25) is 5.02 Å². The van der Waals surface area contributed by atoms with E-state index in [1.807, 2.05) is 39.8 Å². The molecule has 0 bridgehead atoms. The van der Waals surface area contributed by atoms with Crippen molar-refractivity contribution >= 4 is 29.2 Å². The lowest BCUT2D eigenvalue weighted by Gasteiger charge is -2.23. The van der Waals surface area contributed by atoms with Gasteiger partial charge in [-0.05, 0) is 73.0 Å². The van der Waals surface area contributed by atoms with E-state index >= 15 is 0 Å². The highest BCUT2D eigenvalue weighted by Crippen LogP contribution is 2.20. The molecule has 0 saturated heterocycles. The zero-order valence-electron chi connectivity index (χ0n) is 27.3. The van der Waals surface area contributed by atoms with Crippen LogP contribution in [0.4, 0.5) is 5.69 Å². The highest BCUT2D eigenvalue weighted by Gasteiger charge is 2.12. The second kappa shape index (κ2) is 21.4. The predicted molar refractivity (Wildman–Crippen MR) is 181 cm³/mol. The van der Waals surface area contributed by atoms with Gasteiger partial charge in [0, 0.05) is 11.6 Å². The molecule has 0 aliphatic rings. The number of halogens is 1. The van der Waals surface area contributed by atoms with Gasteiger partial charge in [-0.2, -0.15) is 0 Å². The minimum atomic E-state index is -0.449. The van der Waals surface area contributed by atoms with Gasteiger partial charge in [0.15, 0.2) is 0 Å². The van der Waals surface area contributed by atoms with Gasteiger partial charge in [0.2, 0.25) is 5.91 Å². The topological polar surface area (TPSA) is 64.6 Å². The molecular weight excluding hydrogens is 560 g/mol. The molecule has 1 amide bonds. The van der Waals surface area contributed by atoms with E-state index in [-0.39, 0.29) is 5.91 Å². The molecule has 0 unspecified atom stereocenters. The van der Waals surface area contributed by atoms with Crippen LogP contribution in [-0.4, -0.2) is 46.2 Å². The summed E-state index contributed by atoms with van der Waals surface area (Å²) in [7, 11) is 6.38. The molecule has 43 heavy (non-hydrogen) atoms. The summed E-state index contributed by atoms with van der Waals surface area (Å²) >= 11 is 5.93. The number of quaternary nitrogens is 1. The van der Waals surface area contributed by atoms with E-state index in [1.165, 1.54) is 5.69 Å². The lowest BCUT2D eigenvalue weighted by molar-refractivity contribution is -0.120. The maximum atomic E-state index is 12.2. The summed E-state index contributed by atoms with van der Waals surface area (Å²) in [6.07, 6.45) is 6.91. The first-order chi connectivity index (χ1) is 20.7. The Morgan fingerprint density at radius 2 is 1.33 bits per heavy atom. The number of nitrogens with one attached hydrogen (secondary N) is 1. The molecule has 0 spiro atoms. The first-order valence-corrected chi connectivity index (χ1v) is 16.0. The zero-order valence-corrected chi connectivity index (χ0v) is 28.0. The van der Waals surface area contributed by atoms with Crippen molar-refractivity contribution in [2.24, 2.45) is 0 Å². The van der Waals surface area contributed by atoms with E-state index in [4.69, 9.17) is 21.1 Å². The first-order valence-electron chi connectivity index (χ1n) is 15.6. The lowest BCUT2D eigenvalue weighted by Crippen LogP contribution is -2.34. The molecule has 1 N–H and O–H groups in total. The first kappa shape index (κ1) is 37.7. The van der Waals surface area contributed by atoms with Gasteiger partial charge in [0.1, 0.15) is 17.2 Å². The van der Waals surface area contributed by atoms with Gasteiger partial charge < -0.3 is 14.8 Å². The van der Waals surface area contributed by atoms with E-state index < -0.39 is 5.97 Å². The van der Waals surface area contributed by atoms with Crippen LogP contribution in [0.25, 0.3) is 0 Å². The summed E-state index contributed by atoms with van der Waals surface area (Å²) in [4.78, 5) is 24.4. The molecule has 0 aromatic heterocycles. The molecule has 7 heteroatoms. The van der Waals surface area contributed by atoms with E-state index in [0.29, 0.717) is 29.4 Å². The van der Waals surface area contributed by atoms with Crippen molar-refractivity contribution in [3.63, 3.8) is 0 Å². The molecule has 0 fully saturated rings. The molecule has 0 saturated carbocycles. The van der Waals surface area contributed by atoms with E-state index in [9.17, 15) is 9.59 Å². The maximum Gasteiger partial charge on any atom is 0.343 e. The third-order valence-corrected chi connectivity index (χ3v) is 6.57. The van der Waals surface area contributed by atoms with Crippen LogP contribution in [0.5, 0.6) is 11.5 Å². The predicted octanol–water partition coefficient (Wildman–Crippen LogP) is 8.89. The molecule has 0 aliphatic carbocycles. The van der Waals surface area contributed by atoms with Crippen molar-refractivity contribution < 1.29 is 19.1 Å². The summed E-state index contributed by atoms with van der Waals surface area (Å²) < 4.78 is 12.0. The van der Waals surface area contributed by atoms with Crippen LogP contribution < -0.4 is 19.3 Å². The second-order valence-corrected chi connectivity index (χ2v) is 11.0. The highest BCUT2D eigenvalue weighted by molar-refractivity contribution is 6.30. The van der Waals surface area contributed by atoms with Crippen molar-refractivity contribution in [3.8, 4) is 11.5 Å². The lowest BCUT2D eigenvalue weighted by atomic mass is 10.1. The highest BCUT2D eigenvalue weighted by atomic mass is 35.5. The van der Waals surface area contributed by atoms with Crippen LogP contribution in [0.3, 0.4) is 0 Å². The smallest absolute Gasteiger partial charge is 0.343 e. The quantitative estimate of drug-likeness (QED) is 0.0806. The van der Waals surface area contributed by atoms with Crippen molar-refractivity contribution in [2.45, 2.75) is 72.6 Å². The zero-order chi connectivity index (χ0) is 32.1. The van der Waals surface area contributed by atoms with Gasteiger partial charge in [-0.3, -0.25) is 9.28 Å². The summed E-state index contributed by atoms with van der Waals surface area (Å²) in [6.45, 7) is 9.37. The SMILES string of the molecule is CC.CC.C[N+](C)(C)c1ccc(CC(=O)NCCCCCCCCOc2ccc(OC(=O)c3cccc(Cl)c3)cc2)cc1. The third kappa shape index (κ3) is 15.6. The number of rotatable bonds is 15. The fraction of sp³-hybridized carbons (Fsp3) is 0.444. The number of esters is 1. The van der Waals surface area contributed by atoms with Crippen molar-refractivity contribution in [1.82, 2.24) is 9.80 Å². The van der Waals surface area contributed by atoms with Crippen LogP contribution in [0.1, 0.15) is 82.1 Å². The molecule has 3 rings (SSSR count). The number of hydrogen-bond donors (Lipinski definition) is 1. The summed E-state index contributed by atoms with van der Waals surface area (Å²) in [5, 5.41) is 3.53. The number of ether oxygens (including phenoxy) is 2. The Hall–Kier alpha value is -3.35. The van der Waals surface area contributed by atoms with Crippen LogP contribution >= 0.6 is 11.6 Å². The van der Waals surface area contributed by atoms with Crippen LogP contribution in [0, 0.1) is 0 Å². The van der Waals surface area contributed by atoms with Gasteiger partial charge in [-0.25, -0.2) is 4.79 Å². The molecular formula is C36H52ClN2O4+. The molecule has 6 nitrogen and oxygen atoms in total. The van der Waals surface area contributed by atoms with Gasteiger partial charge in [-0.15, -0.1) is 0 Å². The van der Waals surface area contributed by atoms with E-state index in [0.717, 1.165) is 60.9 Å². The summed E-state index contributed by atoms with van der Waals surface area (Å²) in [5.41, 5.74) is 2.67. The Labute approximate surface area is 264 Å². The Balaban J connectivity index is 0.00000221. The molecule has 0 heterocycles. The minimum absolute atomic E-state index is 0.0810. The Kier molecular flexibility index (Phi) is 18.7. The molecule has 0 aliphatic heterocycles. The summed E-state index contributed by atoms with van der Waals surface area (Å²) in [5.74, 6) is 0.836. The van der Waals surface area contributed by atoms with Gasteiger partial charge in [0.25, 0.3) is 0 Å². The number of hydrogen-bond acceptors (Lipinski definition) is 4.